The molecule has 6 heteroatoms. The van der Waals surface area contributed by atoms with Crippen molar-refractivity contribution in [3.05, 3.63) is 0 Å². The van der Waals surface area contributed by atoms with Gasteiger partial charge in [-0.2, -0.15) is 13.2 Å². The van der Waals surface area contributed by atoms with E-state index in [4.69, 9.17) is 9.47 Å². The first-order chi connectivity index (χ1) is 8.44. The summed E-state index contributed by atoms with van der Waals surface area (Å²) in [4.78, 5) is 0. The van der Waals surface area contributed by atoms with Crippen molar-refractivity contribution in [2.24, 2.45) is 0 Å². The zero-order chi connectivity index (χ0) is 14.0. The Morgan fingerprint density at radius 1 is 1.06 bits per heavy atom. The van der Waals surface area contributed by atoms with Gasteiger partial charge in [0.2, 0.25) is 0 Å². The van der Waals surface area contributed by atoms with Crippen LogP contribution in [0.2, 0.25) is 0 Å². The molecule has 0 saturated heterocycles. The third-order valence-corrected chi connectivity index (χ3v) is 2.39. The van der Waals surface area contributed by atoms with Crippen molar-refractivity contribution in [1.29, 1.82) is 0 Å². The van der Waals surface area contributed by atoms with E-state index in [1.165, 1.54) is 0 Å². The molecule has 1 atom stereocenters. The van der Waals surface area contributed by atoms with Gasteiger partial charge in [-0.1, -0.05) is 6.92 Å². The number of hydrogen-bond donors (Lipinski definition) is 1. The number of hydrogen-bond acceptors (Lipinski definition) is 3. The molecule has 0 heterocycles. The second-order valence-corrected chi connectivity index (χ2v) is 3.99. The molecular weight excluding hydrogens is 247 g/mol. The van der Waals surface area contributed by atoms with Crippen molar-refractivity contribution in [3.8, 4) is 0 Å². The van der Waals surface area contributed by atoms with Crippen LogP contribution >= 0.6 is 0 Å². The van der Waals surface area contributed by atoms with Gasteiger partial charge in [0.25, 0.3) is 0 Å². The van der Waals surface area contributed by atoms with Crippen LogP contribution in [0.25, 0.3) is 0 Å². The fraction of sp³-hybridized carbons (Fsp3) is 1.00. The summed E-state index contributed by atoms with van der Waals surface area (Å²) in [6.45, 7) is 7.05. The third-order valence-electron chi connectivity index (χ3n) is 2.39. The second-order valence-electron chi connectivity index (χ2n) is 3.99. The molecule has 0 amide bonds. The van der Waals surface area contributed by atoms with Gasteiger partial charge in [-0.15, -0.1) is 0 Å². The first-order valence-electron chi connectivity index (χ1n) is 6.47. The van der Waals surface area contributed by atoms with Crippen LogP contribution in [0.4, 0.5) is 13.2 Å². The Hall–Kier alpha value is -0.330. The van der Waals surface area contributed by atoms with Crippen molar-refractivity contribution in [2.75, 3.05) is 19.8 Å². The number of nitrogens with one attached hydrogen (secondary N) is 1. The van der Waals surface area contributed by atoms with E-state index in [1.807, 2.05) is 6.92 Å². The first-order valence-corrected chi connectivity index (χ1v) is 6.47. The second kappa shape index (κ2) is 9.58. The smallest absolute Gasteiger partial charge is 0.351 e. The van der Waals surface area contributed by atoms with Crippen molar-refractivity contribution < 1.29 is 22.6 Å². The van der Waals surface area contributed by atoms with E-state index in [0.29, 0.717) is 19.8 Å². The van der Waals surface area contributed by atoms with Gasteiger partial charge in [-0.3, -0.25) is 0 Å². The normalized spacial score (nSPS) is 14.2. The molecule has 0 aromatic carbocycles. The van der Waals surface area contributed by atoms with Crippen molar-refractivity contribution >= 4 is 0 Å². The number of ether oxygens (including phenoxy) is 2. The molecule has 0 spiro atoms. The van der Waals surface area contributed by atoms with Crippen LogP contribution in [0, 0.1) is 0 Å². The molecule has 1 unspecified atom stereocenters. The fourth-order valence-corrected chi connectivity index (χ4v) is 1.59. The Kier molecular flexibility index (Phi) is 9.40. The molecule has 0 aliphatic carbocycles. The molecule has 18 heavy (non-hydrogen) atoms. The average molecular weight is 271 g/mol. The van der Waals surface area contributed by atoms with Gasteiger partial charge >= 0.3 is 6.18 Å². The Bertz CT molecular complexity index is 194. The van der Waals surface area contributed by atoms with Crippen LogP contribution in [-0.2, 0) is 9.47 Å². The summed E-state index contributed by atoms with van der Waals surface area (Å²) in [5.74, 6) is 0. The average Bonchev–Trinajstić information content (AvgIpc) is 2.28. The maximum atomic E-state index is 12.3. The Morgan fingerprint density at radius 2 is 1.61 bits per heavy atom. The van der Waals surface area contributed by atoms with Gasteiger partial charge in [0.15, 0.2) is 6.29 Å². The van der Waals surface area contributed by atoms with E-state index in [1.54, 1.807) is 13.8 Å². The monoisotopic (exact) mass is 271 g/mol. The predicted molar refractivity (Wildman–Crippen MR) is 64.4 cm³/mol. The summed E-state index contributed by atoms with van der Waals surface area (Å²) in [7, 11) is 0. The fourth-order valence-electron chi connectivity index (χ4n) is 1.59. The summed E-state index contributed by atoms with van der Waals surface area (Å²) in [6.07, 6.45) is -4.77. The largest absolute Gasteiger partial charge is 0.389 e. The zero-order valence-electron chi connectivity index (χ0n) is 11.3. The summed E-state index contributed by atoms with van der Waals surface area (Å²) in [5, 5.41) is 3.06. The molecule has 0 aromatic heterocycles. The number of halogens is 3. The maximum absolute atomic E-state index is 12.3. The van der Waals surface area contributed by atoms with E-state index in [0.717, 1.165) is 6.42 Å². The van der Waals surface area contributed by atoms with Gasteiger partial charge in [0, 0.05) is 19.6 Å². The predicted octanol–water partition coefficient (Wildman–Crippen LogP) is 3.10. The summed E-state index contributed by atoms with van der Waals surface area (Å²) >= 11 is 0. The molecule has 0 aliphatic heterocycles. The highest BCUT2D eigenvalue weighted by atomic mass is 19.4. The topological polar surface area (TPSA) is 30.5 Å². The Balaban J connectivity index is 4.40. The van der Waals surface area contributed by atoms with Crippen LogP contribution < -0.4 is 5.32 Å². The Labute approximate surface area is 107 Å². The lowest BCUT2D eigenvalue weighted by Crippen LogP contribution is -2.44. The molecule has 0 saturated carbocycles. The van der Waals surface area contributed by atoms with Gasteiger partial charge in [0.05, 0.1) is 6.04 Å². The highest BCUT2D eigenvalue weighted by Crippen LogP contribution is 2.23. The van der Waals surface area contributed by atoms with Crippen LogP contribution in [0.3, 0.4) is 0 Å². The lowest BCUT2D eigenvalue weighted by molar-refractivity contribution is -0.168. The van der Waals surface area contributed by atoms with Crippen LogP contribution in [0.15, 0.2) is 0 Å². The molecule has 1 N–H and O–H groups in total. The highest BCUT2D eigenvalue weighted by Gasteiger charge is 2.31. The van der Waals surface area contributed by atoms with Crippen molar-refractivity contribution in [2.45, 2.75) is 58.5 Å². The minimum atomic E-state index is -4.14. The van der Waals surface area contributed by atoms with Crippen molar-refractivity contribution in [1.82, 2.24) is 5.32 Å². The molecule has 0 aromatic rings. The van der Waals surface area contributed by atoms with E-state index < -0.39 is 24.9 Å². The summed E-state index contributed by atoms with van der Waals surface area (Å²) < 4.78 is 47.5. The number of rotatable bonds is 10. The van der Waals surface area contributed by atoms with Gasteiger partial charge in [-0.05, 0) is 33.2 Å². The van der Waals surface area contributed by atoms with Gasteiger partial charge in [-0.25, -0.2) is 0 Å². The van der Waals surface area contributed by atoms with Crippen LogP contribution in [0.1, 0.15) is 40.0 Å². The quantitative estimate of drug-likeness (QED) is 0.619. The molecule has 0 aliphatic rings. The van der Waals surface area contributed by atoms with Gasteiger partial charge in [0.1, 0.15) is 0 Å². The van der Waals surface area contributed by atoms with Gasteiger partial charge < -0.3 is 14.8 Å². The van der Waals surface area contributed by atoms with Crippen LogP contribution in [0.5, 0.6) is 0 Å². The van der Waals surface area contributed by atoms with E-state index in [9.17, 15) is 13.2 Å². The highest BCUT2D eigenvalue weighted by molar-refractivity contribution is 4.73. The third kappa shape index (κ3) is 8.72. The van der Waals surface area contributed by atoms with Crippen molar-refractivity contribution in [3.63, 3.8) is 0 Å². The molecule has 110 valence electrons. The van der Waals surface area contributed by atoms with Crippen LogP contribution in [-0.4, -0.2) is 38.3 Å². The molecule has 0 rings (SSSR count). The zero-order valence-corrected chi connectivity index (χ0v) is 11.3. The lowest BCUT2D eigenvalue weighted by Gasteiger charge is -2.28. The molecule has 0 radical (unpaired) electrons. The first kappa shape index (κ1) is 17.7. The molecule has 0 fully saturated rings. The Morgan fingerprint density at radius 3 is 2.00 bits per heavy atom. The van der Waals surface area contributed by atoms with E-state index in [2.05, 4.69) is 5.32 Å². The lowest BCUT2D eigenvalue weighted by atomic mass is 10.1. The SMILES string of the molecule is CCCNC(CCC(F)(F)F)C(OCC)OCC. The molecule has 3 nitrogen and oxygen atoms in total. The van der Waals surface area contributed by atoms with E-state index in [-0.39, 0.29) is 6.42 Å². The molecule has 0 bridgehead atoms. The van der Waals surface area contributed by atoms with E-state index >= 15 is 0 Å². The number of alkyl halides is 3. The minimum Gasteiger partial charge on any atom is -0.351 e. The summed E-state index contributed by atoms with van der Waals surface area (Å²) in [6, 6.07) is -0.425. The standard InChI is InChI=1S/C12H24F3NO2/c1-4-9-16-10(7-8-12(13,14)15)11(17-5-2)18-6-3/h10-11,16H,4-9H2,1-3H3. The molecular formula is C12H24F3NO2. The summed E-state index contributed by atoms with van der Waals surface area (Å²) in [5.41, 5.74) is 0. The maximum Gasteiger partial charge on any atom is 0.389 e. The minimum absolute atomic E-state index is 0.0336.